The molecule has 2 aromatic rings. The first-order chi connectivity index (χ1) is 15.2. The van der Waals surface area contributed by atoms with E-state index in [1.54, 1.807) is 0 Å². The minimum atomic E-state index is -1.36. The van der Waals surface area contributed by atoms with E-state index in [4.69, 9.17) is 0 Å². The van der Waals surface area contributed by atoms with Crippen molar-refractivity contribution in [2.75, 3.05) is 0 Å². The lowest BCUT2D eigenvalue weighted by atomic mass is 9.33. The van der Waals surface area contributed by atoms with Gasteiger partial charge < -0.3 is 5.11 Å². The second kappa shape index (κ2) is 4.51. The molecule has 8 nitrogen and oxygen atoms in total. The van der Waals surface area contributed by atoms with Crippen molar-refractivity contribution >= 4 is 11.6 Å². The average Bonchev–Trinajstić information content (AvgIpc) is 3.51. The molecule has 1 aromatic heterocycles. The number of carbonyl (C=O) groups excluding carboxylic acids is 2. The SMILES string of the molecule is Cn1c(=O)[nH]n(C23C4CC5C6C(=O)C7C(C(=O)C64)C2(c2ccccc2)CC7(C)C53O)c1=O. The van der Waals surface area contributed by atoms with E-state index in [0.29, 0.717) is 12.8 Å². The third-order valence-corrected chi connectivity index (χ3v) is 11.1. The smallest absolute Gasteiger partial charge is 0.347 e. The van der Waals surface area contributed by atoms with Gasteiger partial charge in [0.15, 0.2) is 0 Å². The standard InChI is InChI=1S/C24H23N3O5/c1-21-9-22(10-6-4-3-5-7-10)16-15(21)17(28)14-12-8-11(13(14)18(16)29)23(22,24(12,21)32)27-20(31)26(2)19(30)25-27/h3-7,11-16,32H,8-9H2,1-2H3,(H,25,30). The van der Waals surface area contributed by atoms with Crippen LogP contribution in [0.25, 0.3) is 0 Å². The number of H-pyrrole nitrogens is 1. The topological polar surface area (TPSA) is 114 Å². The van der Waals surface area contributed by atoms with Crippen LogP contribution in [0.1, 0.15) is 25.3 Å². The largest absolute Gasteiger partial charge is 0.386 e. The molecule has 0 amide bonds. The summed E-state index contributed by atoms with van der Waals surface area (Å²) in [5.41, 5.74) is -4.44. The molecule has 5 saturated carbocycles. The quantitative estimate of drug-likeness (QED) is 0.645. The van der Waals surface area contributed by atoms with Crippen LogP contribution in [0.2, 0.25) is 0 Å². The van der Waals surface area contributed by atoms with E-state index < -0.39 is 57.0 Å². The zero-order chi connectivity index (χ0) is 22.2. The van der Waals surface area contributed by atoms with Crippen molar-refractivity contribution in [1.82, 2.24) is 14.3 Å². The number of aromatic nitrogens is 3. The highest BCUT2D eigenvalue weighted by Crippen LogP contribution is 2.92. The van der Waals surface area contributed by atoms with Gasteiger partial charge in [0.2, 0.25) is 0 Å². The van der Waals surface area contributed by atoms with Crippen LogP contribution in [0.15, 0.2) is 39.9 Å². The fourth-order valence-electron chi connectivity index (χ4n) is 10.7. The summed E-state index contributed by atoms with van der Waals surface area (Å²) in [6.07, 6.45) is 0.972. The molecule has 0 spiro atoms. The fraction of sp³-hybridized carbons (Fsp3) is 0.583. The van der Waals surface area contributed by atoms with Gasteiger partial charge in [-0.05, 0) is 24.3 Å². The first-order valence-electron chi connectivity index (χ1n) is 11.4. The van der Waals surface area contributed by atoms with Crippen LogP contribution in [0.5, 0.6) is 0 Å². The number of hydrogen-bond acceptors (Lipinski definition) is 5. The Morgan fingerprint density at radius 3 is 2.31 bits per heavy atom. The molecule has 2 N–H and O–H groups in total. The Bertz CT molecular complexity index is 1420. The Hall–Kier alpha value is -2.74. The van der Waals surface area contributed by atoms with Crippen LogP contribution in [0.3, 0.4) is 0 Å². The van der Waals surface area contributed by atoms with Gasteiger partial charge in [-0.15, -0.1) is 0 Å². The molecule has 10 atom stereocenters. The van der Waals surface area contributed by atoms with Gasteiger partial charge in [0.05, 0.1) is 0 Å². The monoisotopic (exact) mass is 433 g/mol. The average molecular weight is 433 g/mol. The Labute approximate surface area is 182 Å². The van der Waals surface area contributed by atoms with Crippen molar-refractivity contribution in [3.63, 3.8) is 0 Å². The van der Waals surface area contributed by atoms with Gasteiger partial charge in [0.25, 0.3) is 0 Å². The fourth-order valence-corrected chi connectivity index (χ4v) is 10.7. The number of nitrogens with one attached hydrogen (secondary N) is 1. The molecule has 0 saturated heterocycles. The highest BCUT2D eigenvalue weighted by atomic mass is 16.3. The first kappa shape index (κ1) is 17.8. The number of carbonyl (C=O) groups is 2. The Kier molecular flexibility index (Phi) is 2.50. The summed E-state index contributed by atoms with van der Waals surface area (Å²) in [4.78, 5) is 53.8. The van der Waals surface area contributed by atoms with Crippen LogP contribution in [0.4, 0.5) is 0 Å². The zero-order valence-corrected chi connectivity index (χ0v) is 17.7. The van der Waals surface area contributed by atoms with Gasteiger partial charge >= 0.3 is 11.4 Å². The number of benzene rings is 1. The van der Waals surface area contributed by atoms with Crippen molar-refractivity contribution < 1.29 is 14.7 Å². The molecule has 1 aromatic carbocycles. The van der Waals surface area contributed by atoms with Gasteiger partial charge in [0.1, 0.15) is 22.7 Å². The van der Waals surface area contributed by atoms with Gasteiger partial charge in [-0.25, -0.2) is 23.9 Å². The van der Waals surface area contributed by atoms with Gasteiger partial charge in [-0.3, -0.25) is 9.59 Å². The third-order valence-electron chi connectivity index (χ3n) is 11.1. The lowest BCUT2D eigenvalue weighted by molar-refractivity contribution is -0.269. The molecule has 7 rings (SSSR count). The predicted molar refractivity (Wildman–Crippen MR) is 110 cm³/mol. The van der Waals surface area contributed by atoms with Crippen molar-refractivity contribution in [3.8, 4) is 0 Å². The van der Waals surface area contributed by atoms with Crippen molar-refractivity contribution in [2.24, 2.45) is 48.0 Å². The third kappa shape index (κ3) is 1.18. The zero-order valence-electron chi connectivity index (χ0n) is 17.7. The lowest BCUT2D eigenvalue weighted by Crippen LogP contribution is -2.85. The molecule has 10 unspecified atom stereocenters. The maximum absolute atomic E-state index is 14.0. The number of rotatable bonds is 2. The Morgan fingerprint density at radius 2 is 1.66 bits per heavy atom. The van der Waals surface area contributed by atoms with E-state index in [9.17, 15) is 24.3 Å². The van der Waals surface area contributed by atoms with E-state index in [1.165, 1.54) is 11.7 Å². The molecule has 5 fully saturated rings. The summed E-state index contributed by atoms with van der Waals surface area (Å²) in [6, 6.07) is 9.62. The number of Topliss-reactive ketones (excluding diaryl/α,β-unsaturated/α-hetero) is 2. The second-order valence-electron chi connectivity index (χ2n) is 11.3. The van der Waals surface area contributed by atoms with Crippen LogP contribution < -0.4 is 11.4 Å². The minimum absolute atomic E-state index is 0.128. The molecular weight excluding hydrogens is 410 g/mol. The Morgan fingerprint density at radius 1 is 1.00 bits per heavy atom. The first-order valence-corrected chi connectivity index (χ1v) is 11.4. The van der Waals surface area contributed by atoms with Crippen molar-refractivity contribution in [1.29, 1.82) is 0 Å². The Balaban J connectivity index is 1.62. The van der Waals surface area contributed by atoms with Gasteiger partial charge in [-0.1, -0.05) is 37.3 Å². The van der Waals surface area contributed by atoms with Crippen molar-refractivity contribution in [2.45, 2.75) is 36.3 Å². The molecule has 5 aliphatic carbocycles. The minimum Gasteiger partial charge on any atom is -0.386 e. The lowest BCUT2D eigenvalue weighted by Gasteiger charge is -2.71. The summed E-state index contributed by atoms with van der Waals surface area (Å²) in [5.74, 6) is -2.55. The summed E-state index contributed by atoms with van der Waals surface area (Å²) in [6.45, 7) is 1.95. The van der Waals surface area contributed by atoms with Crippen LogP contribution in [-0.2, 0) is 27.6 Å². The highest BCUT2D eigenvalue weighted by molar-refractivity contribution is 6.06. The maximum atomic E-state index is 14.0. The van der Waals surface area contributed by atoms with Crippen molar-refractivity contribution in [3.05, 3.63) is 56.9 Å². The van der Waals surface area contributed by atoms with Crippen LogP contribution >= 0.6 is 0 Å². The second-order valence-corrected chi connectivity index (χ2v) is 11.3. The van der Waals surface area contributed by atoms with E-state index in [0.717, 1.165) is 10.1 Å². The molecule has 1 heterocycles. The number of ketones is 2. The summed E-state index contributed by atoms with van der Waals surface area (Å²) >= 11 is 0. The van der Waals surface area contributed by atoms with Crippen LogP contribution in [-0.4, -0.2) is 36.6 Å². The van der Waals surface area contributed by atoms with Gasteiger partial charge in [0, 0.05) is 47.5 Å². The normalized spacial score (nSPS) is 52.8. The highest BCUT2D eigenvalue weighted by Gasteiger charge is 3.01. The number of fused-ring (bicyclic) bond motifs is 15. The summed E-state index contributed by atoms with van der Waals surface area (Å²) in [7, 11) is 1.43. The molecule has 8 heteroatoms. The number of aromatic amines is 1. The molecule has 5 aliphatic rings. The van der Waals surface area contributed by atoms with Crippen LogP contribution in [0, 0.1) is 40.9 Å². The predicted octanol–water partition coefficient (Wildman–Crippen LogP) is -0.0570. The van der Waals surface area contributed by atoms with E-state index in [-0.39, 0.29) is 23.4 Å². The summed E-state index contributed by atoms with van der Waals surface area (Å²) < 4.78 is 2.43. The molecule has 164 valence electrons. The number of hydrogen-bond donors (Lipinski definition) is 2. The van der Waals surface area contributed by atoms with E-state index >= 15 is 0 Å². The number of aliphatic hydroxyl groups is 1. The molecular formula is C24H23N3O5. The van der Waals surface area contributed by atoms with Gasteiger partial charge in [-0.2, -0.15) is 0 Å². The molecule has 32 heavy (non-hydrogen) atoms. The molecule has 0 aliphatic heterocycles. The summed E-state index contributed by atoms with van der Waals surface area (Å²) in [5, 5.41) is 15.6. The maximum Gasteiger partial charge on any atom is 0.347 e. The number of nitrogens with zero attached hydrogens (tertiary/aromatic N) is 2. The van der Waals surface area contributed by atoms with E-state index in [2.05, 4.69) is 5.10 Å². The molecule has 4 bridgehead atoms. The molecule has 0 radical (unpaired) electrons. The van der Waals surface area contributed by atoms with E-state index in [1.807, 2.05) is 37.3 Å².